The fourth-order valence-electron chi connectivity index (χ4n) is 3.91. The Morgan fingerprint density at radius 2 is 1.79 bits per heavy atom. The van der Waals surface area contributed by atoms with Crippen molar-refractivity contribution >= 4 is 54.9 Å². The average molecular weight is 490 g/mol. The zero-order valence-electron chi connectivity index (χ0n) is 18.3. The Morgan fingerprint density at radius 3 is 2.50 bits per heavy atom. The lowest BCUT2D eigenvalue weighted by atomic mass is 10.1. The minimum atomic E-state index is -3.19. The smallest absolute Gasteiger partial charge is 0.248 e. The van der Waals surface area contributed by atoms with Gasteiger partial charge in [-0.3, -0.25) is 9.10 Å². The molecule has 1 amide bonds. The van der Waals surface area contributed by atoms with Gasteiger partial charge in [-0.25, -0.2) is 13.4 Å². The molecular weight excluding hydrogens is 466 g/mol. The van der Waals surface area contributed by atoms with E-state index in [1.807, 2.05) is 54.6 Å². The highest BCUT2D eigenvalue weighted by molar-refractivity contribution is 7.93. The molecule has 1 saturated heterocycles. The van der Waals surface area contributed by atoms with Crippen LogP contribution in [0.2, 0.25) is 0 Å². The summed E-state index contributed by atoms with van der Waals surface area (Å²) in [6, 6.07) is 23.0. The first kappa shape index (κ1) is 22.3. The van der Waals surface area contributed by atoms with Gasteiger partial charge in [0.1, 0.15) is 0 Å². The van der Waals surface area contributed by atoms with Crippen molar-refractivity contribution in [2.75, 3.05) is 21.9 Å². The van der Waals surface area contributed by atoms with Crippen LogP contribution in [0.15, 0.2) is 78.9 Å². The highest BCUT2D eigenvalue weighted by Gasteiger charge is 2.28. The number of sulfonamides is 1. The summed E-state index contributed by atoms with van der Waals surface area (Å²) in [7, 11) is -3.19. The molecule has 3 aromatic carbocycles. The van der Waals surface area contributed by atoms with Gasteiger partial charge in [0.15, 0.2) is 0 Å². The van der Waals surface area contributed by atoms with Crippen molar-refractivity contribution in [2.24, 2.45) is 0 Å². The minimum absolute atomic E-state index is 0.192. The molecule has 0 unspecified atom stereocenters. The third kappa shape index (κ3) is 5.03. The standard InChI is InChI=1S/C26H23N3O3S2/c30-25(15-10-19-8-13-22(14-9-19)29-16-3-17-34(29,31)32)27-21-11-6-20(7-12-21)18-26-28-23-4-1-2-5-24(23)33-26/h1-2,4-15H,3,16-18H2,(H,27,30)/b15-10+. The molecule has 0 bridgehead atoms. The maximum Gasteiger partial charge on any atom is 0.248 e. The van der Waals surface area contributed by atoms with Crippen molar-refractivity contribution in [2.45, 2.75) is 12.8 Å². The largest absolute Gasteiger partial charge is 0.323 e. The quantitative estimate of drug-likeness (QED) is 0.383. The molecule has 0 aliphatic carbocycles. The lowest BCUT2D eigenvalue weighted by Gasteiger charge is -2.16. The number of nitrogens with zero attached hydrogens (tertiary/aromatic N) is 2. The fourth-order valence-corrected chi connectivity index (χ4v) is 6.48. The lowest BCUT2D eigenvalue weighted by Crippen LogP contribution is -2.24. The van der Waals surface area contributed by atoms with Crippen LogP contribution in [0.5, 0.6) is 0 Å². The van der Waals surface area contributed by atoms with Crippen molar-refractivity contribution in [3.8, 4) is 0 Å². The van der Waals surface area contributed by atoms with Gasteiger partial charge in [-0.15, -0.1) is 11.3 Å². The molecule has 5 rings (SSSR count). The molecular formula is C26H23N3O3S2. The van der Waals surface area contributed by atoms with Crippen molar-refractivity contribution < 1.29 is 13.2 Å². The number of hydrogen-bond donors (Lipinski definition) is 1. The number of thiazole rings is 1. The molecule has 6 nitrogen and oxygen atoms in total. The first-order valence-electron chi connectivity index (χ1n) is 11.0. The predicted octanol–water partition coefficient (Wildman–Crippen LogP) is 5.08. The maximum absolute atomic E-state index is 12.3. The van der Waals surface area contributed by atoms with Gasteiger partial charge in [0, 0.05) is 24.7 Å². The molecule has 0 spiro atoms. The zero-order valence-corrected chi connectivity index (χ0v) is 20.0. The third-order valence-electron chi connectivity index (χ3n) is 5.62. The van der Waals surface area contributed by atoms with Gasteiger partial charge in [0.25, 0.3) is 0 Å². The van der Waals surface area contributed by atoms with E-state index < -0.39 is 10.0 Å². The first-order valence-corrected chi connectivity index (χ1v) is 13.4. The van der Waals surface area contributed by atoms with Gasteiger partial charge >= 0.3 is 0 Å². The molecule has 34 heavy (non-hydrogen) atoms. The average Bonchev–Trinajstić information content (AvgIpc) is 3.41. The van der Waals surface area contributed by atoms with E-state index in [1.54, 1.807) is 29.5 Å². The van der Waals surface area contributed by atoms with E-state index >= 15 is 0 Å². The molecule has 2 heterocycles. The number of hydrogen-bond acceptors (Lipinski definition) is 5. The van der Waals surface area contributed by atoms with Crippen LogP contribution in [-0.2, 0) is 21.2 Å². The van der Waals surface area contributed by atoms with E-state index in [9.17, 15) is 13.2 Å². The zero-order chi connectivity index (χ0) is 23.5. The van der Waals surface area contributed by atoms with Crippen LogP contribution in [0.3, 0.4) is 0 Å². The molecule has 4 aromatic rings. The Morgan fingerprint density at radius 1 is 1.03 bits per heavy atom. The number of carbonyl (C=O) groups is 1. The van der Waals surface area contributed by atoms with Crippen LogP contribution in [0, 0.1) is 0 Å². The van der Waals surface area contributed by atoms with E-state index in [4.69, 9.17) is 0 Å². The Bertz CT molecular complexity index is 1420. The summed E-state index contributed by atoms with van der Waals surface area (Å²) < 4.78 is 26.7. The first-order chi connectivity index (χ1) is 16.5. The number of rotatable bonds is 6. The summed E-state index contributed by atoms with van der Waals surface area (Å²) in [5, 5.41) is 3.93. The Labute approximate surface area is 202 Å². The number of carbonyl (C=O) groups excluding carboxylic acids is 1. The molecule has 0 atom stereocenters. The van der Waals surface area contributed by atoms with Gasteiger partial charge in [-0.05, 0) is 60.0 Å². The molecule has 1 aliphatic heterocycles. The molecule has 8 heteroatoms. The number of fused-ring (bicyclic) bond motifs is 1. The van der Waals surface area contributed by atoms with E-state index in [1.165, 1.54) is 15.1 Å². The highest BCUT2D eigenvalue weighted by atomic mass is 32.2. The van der Waals surface area contributed by atoms with Gasteiger partial charge in [-0.2, -0.15) is 0 Å². The van der Waals surface area contributed by atoms with Crippen LogP contribution in [0.4, 0.5) is 11.4 Å². The SMILES string of the molecule is O=C(/C=C/c1ccc(N2CCCS2(=O)=O)cc1)Nc1ccc(Cc2nc3ccccc3s2)cc1. The molecule has 1 N–H and O–H groups in total. The summed E-state index contributed by atoms with van der Waals surface area (Å²) in [5.41, 5.74) is 4.35. The minimum Gasteiger partial charge on any atom is -0.323 e. The van der Waals surface area contributed by atoms with Gasteiger partial charge in [-0.1, -0.05) is 36.4 Å². The van der Waals surface area contributed by atoms with E-state index in [0.717, 1.165) is 33.8 Å². The number of aromatic nitrogens is 1. The van der Waals surface area contributed by atoms with E-state index in [2.05, 4.69) is 16.4 Å². The topological polar surface area (TPSA) is 79.4 Å². The number of para-hydroxylation sites is 1. The molecule has 0 saturated carbocycles. The molecule has 1 aromatic heterocycles. The van der Waals surface area contributed by atoms with Gasteiger partial charge < -0.3 is 5.32 Å². The lowest BCUT2D eigenvalue weighted by molar-refractivity contribution is -0.111. The summed E-state index contributed by atoms with van der Waals surface area (Å²) in [5.74, 6) is -0.0391. The van der Waals surface area contributed by atoms with Crippen molar-refractivity contribution in [3.05, 3.63) is 95.0 Å². The second-order valence-electron chi connectivity index (χ2n) is 8.10. The summed E-state index contributed by atoms with van der Waals surface area (Å²) in [4.78, 5) is 17.0. The summed E-state index contributed by atoms with van der Waals surface area (Å²) >= 11 is 1.70. The van der Waals surface area contributed by atoms with Crippen LogP contribution in [0.1, 0.15) is 22.6 Å². The third-order valence-corrected chi connectivity index (χ3v) is 8.53. The van der Waals surface area contributed by atoms with Crippen LogP contribution < -0.4 is 9.62 Å². The van der Waals surface area contributed by atoms with Gasteiger partial charge in [0.2, 0.25) is 15.9 Å². The number of nitrogens with one attached hydrogen (secondary N) is 1. The van der Waals surface area contributed by atoms with E-state index in [0.29, 0.717) is 18.7 Å². The van der Waals surface area contributed by atoms with Crippen molar-refractivity contribution in [1.82, 2.24) is 4.98 Å². The van der Waals surface area contributed by atoms with Crippen molar-refractivity contribution in [1.29, 1.82) is 0 Å². The summed E-state index contributed by atoms with van der Waals surface area (Å²) in [6.07, 6.45) is 4.57. The second-order valence-corrected chi connectivity index (χ2v) is 11.2. The van der Waals surface area contributed by atoms with Crippen LogP contribution >= 0.6 is 11.3 Å². The molecule has 172 valence electrons. The summed E-state index contributed by atoms with van der Waals surface area (Å²) in [6.45, 7) is 0.513. The molecule has 0 radical (unpaired) electrons. The monoisotopic (exact) mass is 489 g/mol. The predicted molar refractivity (Wildman–Crippen MR) is 139 cm³/mol. The normalized spacial score (nSPS) is 15.2. The molecule has 1 aliphatic rings. The van der Waals surface area contributed by atoms with E-state index in [-0.39, 0.29) is 11.7 Å². The second kappa shape index (κ2) is 9.40. The molecule has 1 fully saturated rings. The Balaban J connectivity index is 1.17. The van der Waals surface area contributed by atoms with Crippen LogP contribution in [0.25, 0.3) is 16.3 Å². The van der Waals surface area contributed by atoms with Gasteiger partial charge in [0.05, 0.1) is 26.7 Å². The Hall–Kier alpha value is -3.49. The Kier molecular flexibility index (Phi) is 6.17. The highest BCUT2D eigenvalue weighted by Crippen LogP contribution is 2.25. The fraction of sp³-hybridized carbons (Fsp3) is 0.154. The number of anilines is 2. The number of amides is 1. The van der Waals surface area contributed by atoms with Crippen LogP contribution in [-0.4, -0.2) is 31.6 Å². The van der Waals surface area contributed by atoms with Crippen molar-refractivity contribution in [3.63, 3.8) is 0 Å². The maximum atomic E-state index is 12.3. The number of benzene rings is 3.